The summed E-state index contributed by atoms with van der Waals surface area (Å²) < 4.78 is 25.4. The highest BCUT2D eigenvalue weighted by Crippen LogP contribution is 2.48. The van der Waals surface area contributed by atoms with Crippen LogP contribution in [0.2, 0.25) is 0 Å². The molecule has 1 fully saturated rings. The van der Waals surface area contributed by atoms with Gasteiger partial charge in [-0.25, -0.2) is 0 Å². The molecular formula is C14H19BrFNO2. The Morgan fingerprint density at radius 2 is 1.84 bits per heavy atom. The summed E-state index contributed by atoms with van der Waals surface area (Å²) in [6.07, 6.45) is 4.17. The zero-order valence-corrected chi connectivity index (χ0v) is 12.8. The third-order valence-corrected chi connectivity index (χ3v) is 4.65. The van der Waals surface area contributed by atoms with Crippen molar-refractivity contribution in [3.8, 4) is 11.5 Å². The lowest BCUT2D eigenvalue weighted by Gasteiger charge is -2.30. The van der Waals surface area contributed by atoms with Gasteiger partial charge in [0.1, 0.15) is 0 Å². The predicted octanol–water partition coefficient (Wildman–Crippen LogP) is 3.38. The molecule has 0 radical (unpaired) electrons. The molecule has 1 aromatic rings. The molecule has 1 aliphatic carbocycles. The minimum atomic E-state index is -0.464. The molecule has 19 heavy (non-hydrogen) atoms. The van der Waals surface area contributed by atoms with E-state index in [-0.39, 0.29) is 16.9 Å². The van der Waals surface area contributed by atoms with Crippen LogP contribution in [0.1, 0.15) is 31.2 Å². The van der Waals surface area contributed by atoms with Crippen LogP contribution in [0.3, 0.4) is 0 Å². The van der Waals surface area contributed by atoms with Crippen molar-refractivity contribution in [3.63, 3.8) is 0 Å². The van der Waals surface area contributed by atoms with Gasteiger partial charge in [-0.05, 0) is 34.8 Å². The molecule has 106 valence electrons. The second-order valence-electron chi connectivity index (χ2n) is 4.98. The molecule has 3 nitrogen and oxygen atoms in total. The van der Waals surface area contributed by atoms with Gasteiger partial charge in [0.15, 0.2) is 11.5 Å². The van der Waals surface area contributed by atoms with Crippen molar-refractivity contribution in [2.24, 2.45) is 5.73 Å². The normalized spacial score (nSPS) is 17.5. The fourth-order valence-electron chi connectivity index (χ4n) is 3.00. The Morgan fingerprint density at radius 1 is 1.26 bits per heavy atom. The maximum Gasteiger partial charge on any atom is 0.208 e. The molecule has 0 aromatic heterocycles. The van der Waals surface area contributed by atoms with Crippen LogP contribution in [0, 0.1) is 5.82 Å². The number of benzene rings is 1. The molecule has 0 atom stereocenters. The van der Waals surface area contributed by atoms with E-state index in [2.05, 4.69) is 15.9 Å². The molecule has 0 heterocycles. The van der Waals surface area contributed by atoms with E-state index in [1.54, 1.807) is 0 Å². The molecular weight excluding hydrogens is 313 g/mol. The Bertz CT molecular complexity index is 473. The number of hydrogen-bond acceptors (Lipinski definition) is 3. The third-order valence-electron chi connectivity index (χ3n) is 4.06. The van der Waals surface area contributed by atoms with Crippen molar-refractivity contribution in [1.82, 2.24) is 0 Å². The van der Waals surface area contributed by atoms with Gasteiger partial charge in [0.25, 0.3) is 0 Å². The molecule has 1 saturated carbocycles. The Hall–Kier alpha value is -0.810. The molecule has 0 unspecified atom stereocenters. The van der Waals surface area contributed by atoms with Gasteiger partial charge in [-0.15, -0.1) is 0 Å². The Kier molecular flexibility index (Phi) is 4.36. The van der Waals surface area contributed by atoms with Crippen molar-refractivity contribution >= 4 is 15.9 Å². The van der Waals surface area contributed by atoms with Gasteiger partial charge in [-0.3, -0.25) is 0 Å². The average Bonchev–Trinajstić information content (AvgIpc) is 2.88. The zero-order chi connectivity index (χ0) is 14.0. The first kappa shape index (κ1) is 14.6. The molecule has 0 spiro atoms. The number of rotatable bonds is 4. The van der Waals surface area contributed by atoms with E-state index in [1.807, 2.05) is 6.07 Å². The maximum absolute atomic E-state index is 14.4. The number of hydrogen-bond donors (Lipinski definition) is 1. The number of methoxy groups -OCH3 is 2. The van der Waals surface area contributed by atoms with E-state index < -0.39 is 5.82 Å². The van der Waals surface area contributed by atoms with Crippen LogP contribution in [-0.2, 0) is 5.41 Å². The monoisotopic (exact) mass is 331 g/mol. The molecule has 2 N–H and O–H groups in total. The Balaban J connectivity index is 2.62. The average molecular weight is 332 g/mol. The molecule has 0 amide bonds. The van der Waals surface area contributed by atoms with E-state index in [9.17, 15) is 4.39 Å². The highest BCUT2D eigenvalue weighted by atomic mass is 79.9. The van der Waals surface area contributed by atoms with Gasteiger partial charge in [0.05, 0.1) is 18.7 Å². The largest absolute Gasteiger partial charge is 0.493 e. The lowest BCUT2D eigenvalue weighted by atomic mass is 9.78. The van der Waals surface area contributed by atoms with E-state index >= 15 is 0 Å². The molecule has 0 saturated heterocycles. The molecule has 2 rings (SSSR count). The molecule has 0 aliphatic heterocycles. The van der Waals surface area contributed by atoms with Crippen LogP contribution in [0.25, 0.3) is 0 Å². The predicted molar refractivity (Wildman–Crippen MR) is 76.4 cm³/mol. The third kappa shape index (κ3) is 2.34. The quantitative estimate of drug-likeness (QED) is 0.919. The van der Waals surface area contributed by atoms with Gasteiger partial charge in [0, 0.05) is 17.5 Å². The van der Waals surface area contributed by atoms with Crippen LogP contribution in [0.4, 0.5) is 4.39 Å². The summed E-state index contributed by atoms with van der Waals surface area (Å²) in [7, 11) is 2.92. The molecule has 1 aliphatic rings. The minimum absolute atomic E-state index is 0.172. The molecule has 0 bridgehead atoms. The van der Waals surface area contributed by atoms with Gasteiger partial charge in [-0.2, -0.15) is 4.39 Å². The fourth-order valence-corrected chi connectivity index (χ4v) is 3.56. The van der Waals surface area contributed by atoms with E-state index in [0.717, 1.165) is 31.2 Å². The number of ether oxygens (including phenoxy) is 2. The van der Waals surface area contributed by atoms with E-state index in [1.165, 1.54) is 14.2 Å². The SMILES string of the molecule is COc1c(Br)cc(C2(CN)CCCC2)c(OC)c1F. The van der Waals surface area contributed by atoms with Crippen LogP contribution < -0.4 is 15.2 Å². The minimum Gasteiger partial charge on any atom is -0.493 e. The summed E-state index contributed by atoms with van der Waals surface area (Å²) in [6.45, 7) is 0.502. The van der Waals surface area contributed by atoms with Gasteiger partial charge in [0.2, 0.25) is 5.82 Å². The first-order valence-corrected chi connectivity index (χ1v) is 7.19. The van der Waals surface area contributed by atoms with Crippen molar-refractivity contribution in [1.29, 1.82) is 0 Å². The van der Waals surface area contributed by atoms with Crippen molar-refractivity contribution < 1.29 is 13.9 Å². The Morgan fingerprint density at radius 3 is 2.32 bits per heavy atom. The standard InChI is InChI=1S/C14H19BrFNO2/c1-18-12-9(14(8-17)5-3-4-6-14)7-10(15)13(19-2)11(12)16/h7H,3-6,8,17H2,1-2H3. The van der Waals surface area contributed by atoms with Gasteiger partial charge < -0.3 is 15.2 Å². The maximum atomic E-state index is 14.4. The second-order valence-corrected chi connectivity index (χ2v) is 5.83. The summed E-state index contributed by atoms with van der Waals surface area (Å²) in [5, 5.41) is 0. The number of nitrogens with two attached hydrogens (primary N) is 1. The Labute approximate surface area is 121 Å². The highest BCUT2D eigenvalue weighted by Gasteiger charge is 2.38. The fraction of sp³-hybridized carbons (Fsp3) is 0.571. The zero-order valence-electron chi connectivity index (χ0n) is 11.3. The van der Waals surface area contributed by atoms with Crippen LogP contribution in [-0.4, -0.2) is 20.8 Å². The van der Waals surface area contributed by atoms with Crippen molar-refractivity contribution in [2.45, 2.75) is 31.1 Å². The topological polar surface area (TPSA) is 44.5 Å². The first-order chi connectivity index (χ1) is 9.09. The van der Waals surface area contributed by atoms with Gasteiger partial charge in [-0.1, -0.05) is 12.8 Å². The van der Waals surface area contributed by atoms with Gasteiger partial charge >= 0.3 is 0 Å². The second kappa shape index (κ2) is 5.67. The van der Waals surface area contributed by atoms with Crippen LogP contribution in [0.5, 0.6) is 11.5 Å². The lowest BCUT2D eigenvalue weighted by Crippen LogP contribution is -2.32. The summed E-state index contributed by atoms with van der Waals surface area (Å²) in [5.41, 5.74) is 6.64. The van der Waals surface area contributed by atoms with Crippen LogP contribution >= 0.6 is 15.9 Å². The summed E-state index contributed by atoms with van der Waals surface area (Å²) in [6, 6.07) is 1.89. The van der Waals surface area contributed by atoms with Crippen LogP contribution in [0.15, 0.2) is 10.5 Å². The summed E-state index contributed by atoms with van der Waals surface area (Å²) >= 11 is 3.36. The summed E-state index contributed by atoms with van der Waals surface area (Å²) in [5.74, 6) is -0.0349. The highest BCUT2D eigenvalue weighted by molar-refractivity contribution is 9.10. The van der Waals surface area contributed by atoms with Crippen molar-refractivity contribution in [2.75, 3.05) is 20.8 Å². The van der Waals surface area contributed by atoms with Crippen molar-refractivity contribution in [3.05, 3.63) is 21.9 Å². The van der Waals surface area contributed by atoms with E-state index in [0.29, 0.717) is 11.0 Å². The van der Waals surface area contributed by atoms with E-state index in [4.69, 9.17) is 15.2 Å². The smallest absolute Gasteiger partial charge is 0.208 e. The molecule has 5 heteroatoms. The lowest BCUT2D eigenvalue weighted by molar-refractivity contribution is 0.331. The first-order valence-electron chi connectivity index (χ1n) is 6.40. The molecule has 1 aromatic carbocycles. The number of halogens is 2. The summed E-state index contributed by atoms with van der Waals surface area (Å²) in [4.78, 5) is 0.